The fourth-order valence-corrected chi connectivity index (χ4v) is 3.25. The van der Waals surface area contributed by atoms with E-state index < -0.39 is 11.7 Å². The molecule has 22 heavy (non-hydrogen) atoms. The minimum Gasteiger partial charge on any atom is -0.166 e. The topological polar surface area (TPSA) is 0 Å². The quantitative estimate of drug-likeness (QED) is 0.544. The molecule has 0 radical (unpaired) electrons. The van der Waals surface area contributed by atoms with Gasteiger partial charge in [0.1, 0.15) is 0 Å². The molecule has 0 nitrogen and oxygen atoms in total. The maximum Gasteiger partial charge on any atom is 0.416 e. The zero-order valence-corrected chi connectivity index (χ0v) is 12.8. The van der Waals surface area contributed by atoms with Crippen molar-refractivity contribution in [2.24, 2.45) is 5.92 Å². The highest BCUT2D eigenvalue weighted by atomic mass is 19.4. The summed E-state index contributed by atoms with van der Waals surface area (Å²) in [5.74, 6) is 1.17. The average Bonchev–Trinajstić information content (AvgIpc) is 2.51. The van der Waals surface area contributed by atoms with Gasteiger partial charge in [-0.2, -0.15) is 13.2 Å². The first-order valence-corrected chi connectivity index (χ1v) is 7.95. The summed E-state index contributed by atoms with van der Waals surface area (Å²) < 4.78 is 37.7. The Hall–Kier alpha value is -1.51. The second-order valence-electron chi connectivity index (χ2n) is 6.08. The van der Waals surface area contributed by atoms with E-state index in [0.717, 1.165) is 30.7 Å². The standard InChI is InChI=1S/C19H23F3/c1-2-3-4-5-6-15-7-9-16(10-8-15)17-11-13-18(14-12-17)19(20,21)22/h2-4,11-16H,1,5-10H2/b4-3+. The minimum atomic E-state index is -4.24. The van der Waals surface area contributed by atoms with Crippen molar-refractivity contribution in [1.29, 1.82) is 0 Å². The number of halogens is 3. The van der Waals surface area contributed by atoms with Crippen LogP contribution in [0.1, 0.15) is 55.6 Å². The highest BCUT2D eigenvalue weighted by molar-refractivity contribution is 5.27. The minimum absolute atomic E-state index is 0.419. The molecule has 1 aromatic rings. The van der Waals surface area contributed by atoms with Crippen LogP contribution in [0.15, 0.2) is 49.1 Å². The molecule has 0 heterocycles. The van der Waals surface area contributed by atoms with E-state index in [-0.39, 0.29) is 0 Å². The first-order chi connectivity index (χ1) is 10.5. The van der Waals surface area contributed by atoms with Gasteiger partial charge in [0.05, 0.1) is 5.56 Å². The third-order valence-corrected chi connectivity index (χ3v) is 4.57. The van der Waals surface area contributed by atoms with Crippen molar-refractivity contribution >= 4 is 0 Å². The van der Waals surface area contributed by atoms with Gasteiger partial charge in [0.2, 0.25) is 0 Å². The van der Waals surface area contributed by atoms with E-state index in [0.29, 0.717) is 5.92 Å². The molecule has 0 spiro atoms. The maximum absolute atomic E-state index is 12.6. The molecule has 0 saturated heterocycles. The SMILES string of the molecule is C=C/C=C/CCC1CCC(c2ccc(C(F)(F)F)cc2)CC1. The van der Waals surface area contributed by atoms with Crippen LogP contribution in [0.25, 0.3) is 0 Å². The fraction of sp³-hybridized carbons (Fsp3) is 0.474. The van der Waals surface area contributed by atoms with Crippen LogP contribution in [0.5, 0.6) is 0 Å². The second-order valence-corrected chi connectivity index (χ2v) is 6.08. The predicted molar refractivity (Wildman–Crippen MR) is 84.7 cm³/mol. The third kappa shape index (κ3) is 4.75. The Balaban J connectivity index is 1.84. The maximum atomic E-state index is 12.6. The molecule has 0 aromatic heterocycles. The Morgan fingerprint density at radius 1 is 1.05 bits per heavy atom. The van der Waals surface area contributed by atoms with Crippen molar-refractivity contribution in [2.75, 3.05) is 0 Å². The van der Waals surface area contributed by atoms with Crippen LogP contribution in [0, 0.1) is 5.92 Å². The van der Waals surface area contributed by atoms with Crippen LogP contribution in [0.3, 0.4) is 0 Å². The molecular formula is C19H23F3. The number of alkyl halides is 3. The van der Waals surface area contributed by atoms with Crippen molar-refractivity contribution < 1.29 is 13.2 Å². The van der Waals surface area contributed by atoms with E-state index in [4.69, 9.17) is 0 Å². The molecule has 0 N–H and O–H groups in total. The zero-order chi connectivity index (χ0) is 16.0. The fourth-order valence-electron chi connectivity index (χ4n) is 3.25. The van der Waals surface area contributed by atoms with Gasteiger partial charge in [-0.3, -0.25) is 0 Å². The van der Waals surface area contributed by atoms with Gasteiger partial charge in [0.25, 0.3) is 0 Å². The van der Waals surface area contributed by atoms with Crippen LogP contribution >= 0.6 is 0 Å². The van der Waals surface area contributed by atoms with Gasteiger partial charge in [0, 0.05) is 0 Å². The molecule has 0 bridgehead atoms. The molecule has 0 unspecified atom stereocenters. The van der Waals surface area contributed by atoms with Crippen LogP contribution in [0.2, 0.25) is 0 Å². The van der Waals surface area contributed by atoms with E-state index in [1.807, 2.05) is 6.08 Å². The molecule has 0 atom stereocenters. The number of rotatable bonds is 5. The van der Waals surface area contributed by atoms with Gasteiger partial charge < -0.3 is 0 Å². The molecule has 2 rings (SSSR count). The summed E-state index contributed by atoms with van der Waals surface area (Å²) in [7, 11) is 0. The van der Waals surface area contributed by atoms with Crippen LogP contribution in [-0.2, 0) is 6.18 Å². The first-order valence-electron chi connectivity index (χ1n) is 7.95. The Morgan fingerprint density at radius 3 is 2.23 bits per heavy atom. The predicted octanol–water partition coefficient (Wildman–Crippen LogP) is 6.50. The molecule has 1 aliphatic carbocycles. The monoisotopic (exact) mass is 308 g/mol. The lowest BCUT2D eigenvalue weighted by Gasteiger charge is -2.28. The molecule has 1 aromatic carbocycles. The van der Waals surface area contributed by atoms with Crippen molar-refractivity contribution in [1.82, 2.24) is 0 Å². The van der Waals surface area contributed by atoms with Crippen molar-refractivity contribution in [2.45, 2.75) is 50.6 Å². The lowest BCUT2D eigenvalue weighted by Crippen LogP contribution is -2.13. The summed E-state index contributed by atoms with van der Waals surface area (Å²) in [6.07, 6.45) is 8.48. The van der Waals surface area contributed by atoms with Gasteiger partial charge >= 0.3 is 6.18 Å². The third-order valence-electron chi connectivity index (χ3n) is 4.57. The van der Waals surface area contributed by atoms with Gasteiger partial charge in [-0.25, -0.2) is 0 Å². The zero-order valence-electron chi connectivity index (χ0n) is 12.8. The molecule has 1 aliphatic rings. The van der Waals surface area contributed by atoms with E-state index in [9.17, 15) is 13.2 Å². The van der Waals surface area contributed by atoms with Crippen molar-refractivity contribution in [3.05, 3.63) is 60.2 Å². The molecule has 3 heteroatoms. The summed E-state index contributed by atoms with van der Waals surface area (Å²) in [5.41, 5.74) is 0.497. The summed E-state index contributed by atoms with van der Waals surface area (Å²) in [6.45, 7) is 3.65. The van der Waals surface area contributed by atoms with Gasteiger partial charge in [0.15, 0.2) is 0 Å². The summed E-state index contributed by atoms with van der Waals surface area (Å²) in [5, 5.41) is 0. The lowest BCUT2D eigenvalue weighted by atomic mass is 9.77. The number of allylic oxidation sites excluding steroid dienone is 3. The summed E-state index contributed by atoms with van der Waals surface area (Å²) in [4.78, 5) is 0. The Bertz CT molecular complexity index is 488. The smallest absolute Gasteiger partial charge is 0.166 e. The van der Waals surface area contributed by atoms with Crippen LogP contribution in [-0.4, -0.2) is 0 Å². The normalized spacial score (nSPS) is 22.9. The largest absolute Gasteiger partial charge is 0.416 e. The Labute approximate surface area is 130 Å². The Morgan fingerprint density at radius 2 is 1.68 bits per heavy atom. The van der Waals surface area contributed by atoms with Gasteiger partial charge in [-0.05, 0) is 68.1 Å². The van der Waals surface area contributed by atoms with E-state index in [1.54, 1.807) is 18.2 Å². The molecule has 1 saturated carbocycles. The lowest BCUT2D eigenvalue weighted by molar-refractivity contribution is -0.137. The summed E-state index contributed by atoms with van der Waals surface area (Å²) >= 11 is 0. The van der Waals surface area contributed by atoms with Crippen molar-refractivity contribution in [3.63, 3.8) is 0 Å². The van der Waals surface area contributed by atoms with E-state index >= 15 is 0 Å². The molecule has 1 fully saturated rings. The van der Waals surface area contributed by atoms with E-state index in [2.05, 4.69) is 12.7 Å². The molecule has 0 amide bonds. The van der Waals surface area contributed by atoms with Crippen LogP contribution < -0.4 is 0 Å². The van der Waals surface area contributed by atoms with Crippen molar-refractivity contribution in [3.8, 4) is 0 Å². The van der Waals surface area contributed by atoms with E-state index in [1.165, 1.54) is 31.4 Å². The van der Waals surface area contributed by atoms with Crippen LogP contribution in [0.4, 0.5) is 13.2 Å². The number of hydrogen-bond donors (Lipinski definition) is 0. The van der Waals surface area contributed by atoms with Gasteiger partial charge in [-0.15, -0.1) is 0 Å². The molecular weight excluding hydrogens is 285 g/mol. The average molecular weight is 308 g/mol. The van der Waals surface area contributed by atoms with Gasteiger partial charge in [-0.1, -0.05) is 36.9 Å². The highest BCUT2D eigenvalue weighted by Crippen LogP contribution is 2.38. The number of hydrogen-bond acceptors (Lipinski definition) is 0. The Kier molecular flexibility index (Phi) is 5.87. The highest BCUT2D eigenvalue weighted by Gasteiger charge is 2.30. The number of benzene rings is 1. The molecule has 0 aliphatic heterocycles. The molecule has 120 valence electrons. The first kappa shape index (κ1) is 16.9. The second kappa shape index (κ2) is 7.66. The summed E-state index contributed by atoms with van der Waals surface area (Å²) in [6, 6.07) is 5.73.